The van der Waals surface area contributed by atoms with Crippen molar-refractivity contribution in [2.75, 3.05) is 18.0 Å². The number of hydrogen-bond donors (Lipinski definition) is 2. The molecule has 0 aliphatic carbocycles. The normalized spacial score (nSPS) is 10.8. The van der Waals surface area contributed by atoms with E-state index < -0.39 is 25.0 Å². The number of halogens is 2. The van der Waals surface area contributed by atoms with E-state index in [4.69, 9.17) is 33.4 Å². The molecule has 2 aromatic heterocycles. The van der Waals surface area contributed by atoms with Crippen LogP contribution in [0.3, 0.4) is 0 Å². The first kappa shape index (κ1) is 18.0. The number of aliphatic carboxylic acids is 2. The summed E-state index contributed by atoms with van der Waals surface area (Å²) in [6.07, 6.45) is 4.83. The summed E-state index contributed by atoms with van der Waals surface area (Å²) >= 11 is 12.3. The molecule has 0 saturated heterocycles. The molecule has 10 heteroatoms. The van der Waals surface area contributed by atoms with Crippen molar-refractivity contribution in [2.24, 2.45) is 0 Å². The number of imidazole rings is 1. The van der Waals surface area contributed by atoms with Crippen LogP contribution >= 0.6 is 23.2 Å². The maximum atomic E-state index is 11.1. The number of rotatable bonds is 6. The van der Waals surface area contributed by atoms with E-state index in [1.54, 1.807) is 41.5 Å². The maximum absolute atomic E-state index is 11.1. The van der Waals surface area contributed by atoms with Crippen molar-refractivity contribution in [1.82, 2.24) is 14.5 Å². The van der Waals surface area contributed by atoms with Crippen LogP contribution in [0.5, 0.6) is 0 Å². The van der Waals surface area contributed by atoms with Gasteiger partial charge in [0.2, 0.25) is 0 Å². The zero-order valence-electron chi connectivity index (χ0n) is 13.1. The number of aromatic nitrogens is 3. The van der Waals surface area contributed by atoms with Crippen molar-refractivity contribution in [2.45, 2.75) is 0 Å². The van der Waals surface area contributed by atoms with Crippen LogP contribution in [0, 0.1) is 0 Å². The Hall–Kier alpha value is -2.84. The minimum absolute atomic E-state index is 0.148. The van der Waals surface area contributed by atoms with E-state index >= 15 is 0 Å². The molecule has 3 rings (SSSR count). The van der Waals surface area contributed by atoms with E-state index in [0.717, 1.165) is 4.90 Å². The van der Waals surface area contributed by atoms with Crippen LogP contribution in [0.25, 0.3) is 16.6 Å². The molecular weight excluding hydrogens is 383 g/mol. The molecule has 2 N–H and O–H groups in total. The first-order valence-electron chi connectivity index (χ1n) is 7.32. The molecule has 26 heavy (non-hydrogen) atoms. The summed E-state index contributed by atoms with van der Waals surface area (Å²) in [7, 11) is 0. The standard InChI is InChI=1S/C16H12Cl2N4O4/c17-10-2-1-9-11(21-4-3-19-8-21)5-12(20-16(9)15(10)18)22(6-13(23)24)7-14(25)26/h1-5,8H,6-7H2,(H,23,24)(H,25,26). The lowest BCUT2D eigenvalue weighted by Gasteiger charge is -2.21. The molecule has 0 aliphatic heterocycles. The van der Waals surface area contributed by atoms with E-state index in [1.165, 1.54) is 0 Å². The van der Waals surface area contributed by atoms with Crippen molar-refractivity contribution in [1.29, 1.82) is 0 Å². The van der Waals surface area contributed by atoms with Gasteiger partial charge in [0.1, 0.15) is 18.9 Å². The molecule has 0 spiro atoms. The van der Waals surface area contributed by atoms with Gasteiger partial charge in [0.05, 0.1) is 27.6 Å². The Morgan fingerprint density at radius 1 is 1.15 bits per heavy atom. The van der Waals surface area contributed by atoms with Gasteiger partial charge in [-0.15, -0.1) is 0 Å². The SMILES string of the molecule is O=C(O)CN(CC(=O)O)c1cc(-n2ccnc2)c2ccc(Cl)c(Cl)c2n1. The molecule has 0 unspecified atom stereocenters. The van der Waals surface area contributed by atoms with E-state index in [1.807, 2.05) is 0 Å². The Balaban J connectivity index is 2.26. The maximum Gasteiger partial charge on any atom is 0.323 e. The largest absolute Gasteiger partial charge is 0.480 e. The Bertz CT molecular complexity index is 976. The number of nitrogens with zero attached hydrogens (tertiary/aromatic N) is 4. The molecule has 0 aliphatic rings. The van der Waals surface area contributed by atoms with Crippen LogP contribution in [0.4, 0.5) is 5.82 Å². The second kappa shape index (κ2) is 7.19. The fraction of sp³-hybridized carbons (Fsp3) is 0.125. The van der Waals surface area contributed by atoms with Crippen LogP contribution < -0.4 is 4.90 Å². The summed E-state index contributed by atoms with van der Waals surface area (Å²) in [4.78, 5) is 31.8. The number of fused-ring (bicyclic) bond motifs is 1. The van der Waals surface area contributed by atoms with Crippen molar-refractivity contribution in [3.63, 3.8) is 0 Å². The molecule has 1 aromatic carbocycles. The van der Waals surface area contributed by atoms with Crippen LogP contribution in [-0.2, 0) is 9.59 Å². The molecule has 3 aromatic rings. The van der Waals surface area contributed by atoms with Gasteiger partial charge in [0.15, 0.2) is 0 Å². The Kier molecular flexibility index (Phi) is 4.97. The van der Waals surface area contributed by atoms with E-state index in [9.17, 15) is 9.59 Å². The average Bonchev–Trinajstić information content (AvgIpc) is 3.10. The van der Waals surface area contributed by atoms with Gasteiger partial charge in [0, 0.05) is 23.8 Å². The number of carboxylic acids is 2. The molecule has 0 saturated carbocycles. The van der Waals surface area contributed by atoms with Gasteiger partial charge in [-0.25, -0.2) is 9.97 Å². The van der Waals surface area contributed by atoms with Crippen molar-refractivity contribution in [3.8, 4) is 5.69 Å². The Labute approximate surface area is 157 Å². The lowest BCUT2D eigenvalue weighted by Crippen LogP contribution is -2.35. The monoisotopic (exact) mass is 394 g/mol. The second-order valence-corrected chi connectivity index (χ2v) is 6.16. The Morgan fingerprint density at radius 3 is 2.42 bits per heavy atom. The van der Waals surface area contributed by atoms with Crippen LogP contribution in [0.15, 0.2) is 36.9 Å². The number of anilines is 1. The molecule has 134 valence electrons. The van der Waals surface area contributed by atoms with Gasteiger partial charge in [-0.3, -0.25) is 9.59 Å². The highest BCUT2D eigenvalue weighted by molar-refractivity contribution is 6.45. The third kappa shape index (κ3) is 3.56. The third-order valence-electron chi connectivity index (χ3n) is 3.60. The third-order valence-corrected chi connectivity index (χ3v) is 4.39. The lowest BCUT2D eigenvalue weighted by atomic mass is 10.1. The van der Waals surface area contributed by atoms with Crippen molar-refractivity contribution in [3.05, 3.63) is 47.0 Å². The quantitative estimate of drug-likeness (QED) is 0.661. The van der Waals surface area contributed by atoms with Gasteiger partial charge < -0.3 is 19.7 Å². The van der Waals surface area contributed by atoms with E-state index in [0.29, 0.717) is 16.6 Å². The number of carboxylic acid groups (broad SMARTS) is 2. The van der Waals surface area contributed by atoms with Gasteiger partial charge in [-0.05, 0) is 12.1 Å². The molecule has 0 fully saturated rings. The summed E-state index contributed by atoms with van der Waals surface area (Å²) < 4.78 is 1.69. The summed E-state index contributed by atoms with van der Waals surface area (Å²) in [5.41, 5.74) is 0.947. The first-order valence-corrected chi connectivity index (χ1v) is 8.08. The van der Waals surface area contributed by atoms with E-state index in [2.05, 4.69) is 9.97 Å². The van der Waals surface area contributed by atoms with Crippen LogP contribution in [0.2, 0.25) is 10.0 Å². The van der Waals surface area contributed by atoms with Gasteiger partial charge in [-0.2, -0.15) is 0 Å². The summed E-state index contributed by atoms with van der Waals surface area (Å²) in [5.74, 6) is -2.22. The van der Waals surface area contributed by atoms with Gasteiger partial charge in [-0.1, -0.05) is 23.2 Å². The molecule has 0 bridgehead atoms. The fourth-order valence-electron chi connectivity index (χ4n) is 2.52. The second-order valence-electron chi connectivity index (χ2n) is 5.37. The number of pyridine rings is 1. The predicted octanol–water partition coefficient (Wildman–Crippen LogP) is 2.70. The lowest BCUT2D eigenvalue weighted by molar-refractivity contribution is -0.136. The van der Waals surface area contributed by atoms with Crippen LogP contribution in [-0.4, -0.2) is 49.8 Å². The number of benzene rings is 1. The van der Waals surface area contributed by atoms with E-state index in [-0.39, 0.29) is 15.9 Å². The average molecular weight is 395 g/mol. The zero-order valence-corrected chi connectivity index (χ0v) is 14.6. The highest BCUT2D eigenvalue weighted by Crippen LogP contribution is 2.34. The smallest absolute Gasteiger partial charge is 0.323 e. The van der Waals surface area contributed by atoms with Crippen molar-refractivity contribution < 1.29 is 19.8 Å². The molecule has 0 radical (unpaired) electrons. The topological polar surface area (TPSA) is 109 Å². The van der Waals surface area contributed by atoms with Gasteiger partial charge >= 0.3 is 11.9 Å². The molecule has 8 nitrogen and oxygen atoms in total. The molecule has 0 amide bonds. The summed E-state index contributed by atoms with van der Waals surface area (Å²) in [5, 5.41) is 19.3. The van der Waals surface area contributed by atoms with Crippen LogP contribution in [0.1, 0.15) is 0 Å². The minimum atomic E-state index is -1.19. The molecular formula is C16H12Cl2N4O4. The fourth-order valence-corrected chi connectivity index (χ4v) is 2.88. The van der Waals surface area contributed by atoms with Crippen molar-refractivity contribution >= 4 is 51.9 Å². The first-order chi connectivity index (χ1) is 12.4. The Morgan fingerprint density at radius 2 is 1.85 bits per heavy atom. The van der Waals surface area contributed by atoms with Gasteiger partial charge in [0.25, 0.3) is 0 Å². The number of carbonyl (C=O) groups is 2. The predicted molar refractivity (Wildman–Crippen MR) is 96.4 cm³/mol. The minimum Gasteiger partial charge on any atom is -0.480 e. The summed E-state index contributed by atoms with van der Waals surface area (Å²) in [6.45, 7) is -1.07. The number of hydrogen-bond acceptors (Lipinski definition) is 5. The molecule has 2 heterocycles. The summed E-state index contributed by atoms with van der Waals surface area (Å²) in [6, 6.07) is 4.94. The highest BCUT2D eigenvalue weighted by Gasteiger charge is 2.19. The highest BCUT2D eigenvalue weighted by atomic mass is 35.5. The zero-order chi connectivity index (χ0) is 18.8. The molecule has 0 atom stereocenters.